The van der Waals surface area contributed by atoms with Crippen LogP contribution in [0.15, 0.2) is 36.4 Å². The summed E-state index contributed by atoms with van der Waals surface area (Å²) >= 11 is 5.16. The predicted octanol–water partition coefficient (Wildman–Crippen LogP) is 3.15. The van der Waals surface area contributed by atoms with E-state index in [9.17, 15) is 14.9 Å². The number of nitrogens with zero attached hydrogens (tertiary/aromatic N) is 1. The molecular formula is C17H18N4O3S. The Kier molecular flexibility index (Phi) is 5.66. The molecule has 130 valence electrons. The number of carbonyl (C=O) groups excluding carboxylic acids is 1. The largest absolute Gasteiger partial charge is 0.331 e. The van der Waals surface area contributed by atoms with Gasteiger partial charge in [-0.2, -0.15) is 0 Å². The number of hydrogen-bond donors (Lipinski definition) is 3. The smallest absolute Gasteiger partial charge is 0.272 e. The number of nitrogens with one attached hydrogen (secondary N) is 3. The van der Waals surface area contributed by atoms with Gasteiger partial charge in [-0.1, -0.05) is 12.1 Å². The molecule has 0 aliphatic carbocycles. The van der Waals surface area contributed by atoms with Crippen LogP contribution in [0, 0.1) is 30.9 Å². The molecule has 3 N–H and O–H groups in total. The number of hydrogen-bond acceptors (Lipinski definition) is 4. The van der Waals surface area contributed by atoms with Crippen LogP contribution in [0.4, 0.5) is 11.4 Å². The van der Waals surface area contributed by atoms with Crippen molar-refractivity contribution in [2.24, 2.45) is 0 Å². The number of amides is 1. The van der Waals surface area contributed by atoms with E-state index in [1.807, 2.05) is 32.0 Å². The van der Waals surface area contributed by atoms with Crippen molar-refractivity contribution in [3.8, 4) is 0 Å². The highest BCUT2D eigenvalue weighted by molar-refractivity contribution is 7.80. The predicted molar refractivity (Wildman–Crippen MR) is 101 cm³/mol. The molecule has 0 radical (unpaired) electrons. The van der Waals surface area contributed by atoms with Crippen LogP contribution in [0.5, 0.6) is 0 Å². The maximum Gasteiger partial charge on any atom is 0.272 e. The highest BCUT2D eigenvalue weighted by atomic mass is 32.1. The molecule has 2 aromatic rings. The standard InChI is InChI=1S/C17H18N4O3S/c1-10-5-4-6-14(12(10)3)18-17(25)20-19-16(22)13-7-8-15(21(23)24)11(2)9-13/h4-9H,1-3H3,(H,19,22)(H2,18,20,25). The zero-order chi connectivity index (χ0) is 18.6. The minimum absolute atomic E-state index is 0.0309. The van der Waals surface area contributed by atoms with Crippen LogP contribution in [0.1, 0.15) is 27.0 Å². The maximum atomic E-state index is 12.1. The topological polar surface area (TPSA) is 96.3 Å². The Morgan fingerprint density at radius 1 is 1.08 bits per heavy atom. The van der Waals surface area contributed by atoms with E-state index in [-0.39, 0.29) is 10.8 Å². The molecule has 0 heterocycles. The number of carbonyl (C=O) groups is 1. The fourth-order valence-corrected chi connectivity index (χ4v) is 2.39. The number of hydrazine groups is 1. The Balaban J connectivity index is 1.97. The Bertz CT molecular complexity index is 852. The molecule has 0 spiro atoms. The lowest BCUT2D eigenvalue weighted by molar-refractivity contribution is -0.385. The highest BCUT2D eigenvalue weighted by Gasteiger charge is 2.14. The van der Waals surface area contributed by atoms with Gasteiger partial charge in [0.15, 0.2) is 5.11 Å². The van der Waals surface area contributed by atoms with Gasteiger partial charge in [0.2, 0.25) is 0 Å². The minimum Gasteiger partial charge on any atom is -0.331 e. The number of nitro benzene ring substituents is 1. The first-order chi connectivity index (χ1) is 11.8. The number of nitro groups is 1. The summed E-state index contributed by atoms with van der Waals surface area (Å²) in [6, 6.07) is 9.94. The van der Waals surface area contributed by atoms with E-state index in [1.165, 1.54) is 18.2 Å². The molecule has 0 atom stereocenters. The molecule has 0 unspecified atom stereocenters. The van der Waals surface area contributed by atoms with Crippen LogP contribution in [0.25, 0.3) is 0 Å². The lowest BCUT2D eigenvalue weighted by Crippen LogP contribution is -2.43. The lowest BCUT2D eigenvalue weighted by Gasteiger charge is -2.14. The summed E-state index contributed by atoms with van der Waals surface area (Å²) in [4.78, 5) is 22.4. The molecular weight excluding hydrogens is 340 g/mol. The molecule has 8 heteroatoms. The Hall–Kier alpha value is -3.00. The number of aryl methyl sites for hydroxylation is 2. The molecule has 0 saturated heterocycles. The summed E-state index contributed by atoms with van der Waals surface area (Å²) in [7, 11) is 0. The van der Waals surface area contributed by atoms with E-state index in [1.54, 1.807) is 6.92 Å². The molecule has 0 aromatic heterocycles. The molecule has 7 nitrogen and oxygen atoms in total. The number of rotatable bonds is 3. The van der Waals surface area contributed by atoms with E-state index in [2.05, 4.69) is 16.2 Å². The number of thiocarbonyl (C=S) groups is 1. The first-order valence-corrected chi connectivity index (χ1v) is 7.89. The molecule has 0 saturated carbocycles. The third kappa shape index (κ3) is 4.51. The van der Waals surface area contributed by atoms with Gasteiger partial charge in [-0.05, 0) is 62.3 Å². The second kappa shape index (κ2) is 7.71. The Morgan fingerprint density at radius 3 is 2.44 bits per heavy atom. The lowest BCUT2D eigenvalue weighted by atomic mass is 10.1. The van der Waals surface area contributed by atoms with E-state index in [0.717, 1.165) is 16.8 Å². The molecule has 2 aromatic carbocycles. The quantitative estimate of drug-likeness (QED) is 0.443. The summed E-state index contributed by atoms with van der Waals surface area (Å²) in [5.74, 6) is -0.442. The zero-order valence-electron chi connectivity index (χ0n) is 14.0. The molecule has 0 fully saturated rings. The van der Waals surface area contributed by atoms with Gasteiger partial charge in [0.1, 0.15) is 0 Å². The van der Waals surface area contributed by atoms with Crippen LogP contribution in [0.3, 0.4) is 0 Å². The van der Waals surface area contributed by atoms with Crippen LogP contribution in [0.2, 0.25) is 0 Å². The first-order valence-electron chi connectivity index (χ1n) is 7.48. The normalized spacial score (nSPS) is 10.0. The summed E-state index contributed by atoms with van der Waals surface area (Å²) < 4.78 is 0. The van der Waals surface area contributed by atoms with Crippen molar-refractivity contribution in [3.05, 3.63) is 68.8 Å². The summed E-state index contributed by atoms with van der Waals surface area (Å²) in [5.41, 5.74) is 8.79. The Labute approximate surface area is 150 Å². The third-order valence-corrected chi connectivity index (χ3v) is 4.00. The second-order valence-electron chi connectivity index (χ2n) is 5.54. The maximum absolute atomic E-state index is 12.1. The monoisotopic (exact) mass is 358 g/mol. The average molecular weight is 358 g/mol. The van der Waals surface area contributed by atoms with E-state index in [0.29, 0.717) is 11.1 Å². The average Bonchev–Trinajstić information content (AvgIpc) is 2.56. The highest BCUT2D eigenvalue weighted by Crippen LogP contribution is 2.19. The second-order valence-corrected chi connectivity index (χ2v) is 5.95. The van der Waals surface area contributed by atoms with Crippen molar-refractivity contribution in [1.82, 2.24) is 10.9 Å². The van der Waals surface area contributed by atoms with E-state index in [4.69, 9.17) is 12.2 Å². The van der Waals surface area contributed by atoms with Crippen molar-refractivity contribution < 1.29 is 9.72 Å². The van der Waals surface area contributed by atoms with Crippen molar-refractivity contribution in [1.29, 1.82) is 0 Å². The number of benzene rings is 2. The van der Waals surface area contributed by atoms with Gasteiger partial charge in [0.05, 0.1) is 4.92 Å². The molecule has 0 aliphatic rings. The van der Waals surface area contributed by atoms with Crippen LogP contribution < -0.4 is 16.2 Å². The third-order valence-electron chi connectivity index (χ3n) is 3.80. The van der Waals surface area contributed by atoms with Crippen molar-refractivity contribution in [2.45, 2.75) is 20.8 Å². The van der Waals surface area contributed by atoms with Crippen LogP contribution in [-0.4, -0.2) is 15.9 Å². The molecule has 2 rings (SSSR count). The van der Waals surface area contributed by atoms with Gasteiger partial charge in [0, 0.05) is 22.9 Å². The van der Waals surface area contributed by atoms with E-state index < -0.39 is 10.8 Å². The minimum atomic E-state index is -0.488. The fraction of sp³-hybridized carbons (Fsp3) is 0.176. The molecule has 25 heavy (non-hydrogen) atoms. The zero-order valence-corrected chi connectivity index (χ0v) is 14.9. The van der Waals surface area contributed by atoms with Gasteiger partial charge >= 0.3 is 0 Å². The van der Waals surface area contributed by atoms with Crippen LogP contribution in [-0.2, 0) is 0 Å². The van der Waals surface area contributed by atoms with E-state index >= 15 is 0 Å². The summed E-state index contributed by atoms with van der Waals surface area (Å²) in [6.07, 6.45) is 0. The van der Waals surface area contributed by atoms with Gasteiger partial charge in [0.25, 0.3) is 11.6 Å². The molecule has 1 amide bonds. The molecule has 0 bridgehead atoms. The fourth-order valence-electron chi connectivity index (χ4n) is 2.23. The Morgan fingerprint density at radius 2 is 1.80 bits per heavy atom. The van der Waals surface area contributed by atoms with Crippen LogP contribution >= 0.6 is 12.2 Å². The van der Waals surface area contributed by atoms with Crippen molar-refractivity contribution in [3.63, 3.8) is 0 Å². The van der Waals surface area contributed by atoms with Crippen molar-refractivity contribution in [2.75, 3.05) is 5.32 Å². The van der Waals surface area contributed by atoms with Gasteiger partial charge in [-0.15, -0.1) is 0 Å². The summed E-state index contributed by atoms with van der Waals surface area (Å²) in [5, 5.41) is 14.1. The van der Waals surface area contributed by atoms with Gasteiger partial charge < -0.3 is 5.32 Å². The first kappa shape index (κ1) is 18.3. The number of anilines is 1. The van der Waals surface area contributed by atoms with Crippen molar-refractivity contribution >= 4 is 34.6 Å². The van der Waals surface area contributed by atoms with Gasteiger partial charge in [-0.25, -0.2) is 0 Å². The summed E-state index contributed by atoms with van der Waals surface area (Å²) in [6.45, 7) is 5.54. The SMILES string of the molecule is Cc1cc(C(=O)NNC(=S)Nc2cccc(C)c2C)ccc1[N+](=O)[O-]. The van der Waals surface area contributed by atoms with Gasteiger partial charge in [-0.3, -0.25) is 25.8 Å². The molecule has 0 aliphatic heterocycles.